The number of rotatable bonds is 15. The van der Waals surface area contributed by atoms with E-state index in [4.69, 9.17) is 18.9 Å². The zero-order valence-corrected chi connectivity index (χ0v) is 26.7. The number of allylic oxidation sites excluding steroid dienone is 1. The summed E-state index contributed by atoms with van der Waals surface area (Å²) in [6, 6.07) is 39.8. The monoisotopic (exact) mass is 619 g/mol. The van der Waals surface area contributed by atoms with Gasteiger partial charge in [0.1, 0.15) is 24.9 Å². The van der Waals surface area contributed by atoms with Gasteiger partial charge in [0.15, 0.2) is 0 Å². The van der Waals surface area contributed by atoms with Gasteiger partial charge in [-0.1, -0.05) is 147 Å². The molecule has 6 nitrogen and oxygen atoms in total. The van der Waals surface area contributed by atoms with Crippen LogP contribution in [0, 0.1) is 0 Å². The smallest absolute Gasteiger partial charge is 0.410 e. The molecule has 1 aliphatic rings. The van der Waals surface area contributed by atoms with Crippen molar-refractivity contribution in [2.75, 3.05) is 6.54 Å². The number of carbonyl (C=O) groups excluding carboxylic acids is 1. The maximum absolute atomic E-state index is 13.9. The van der Waals surface area contributed by atoms with Gasteiger partial charge in [-0.25, -0.2) is 4.79 Å². The highest BCUT2D eigenvalue weighted by atomic mass is 16.6. The van der Waals surface area contributed by atoms with Gasteiger partial charge in [-0.15, -0.1) is 0 Å². The number of hydrogen-bond donors (Lipinski definition) is 0. The Hall–Kier alpha value is -4.23. The quantitative estimate of drug-likeness (QED) is 0.125. The molecular formula is C40H45NO5. The molecule has 0 N–H and O–H groups in total. The lowest BCUT2D eigenvalue weighted by Crippen LogP contribution is -2.64. The SMILES string of the molecule is CCC/C=C/C[C@@H]1[C@H](OCc2ccccc2)[C@@H](OCc2ccccc2)[C@H](OCc2ccccc2)CN1C(=O)OCc1ccccc1. The fourth-order valence-corrected chi connectivity index (χ4v) is 5.70. The number of nitrogens with zero attached hydrogens (tertiary/aromatic N) is 1. The van der Waals surface area contributed by atoms with Gasteiger partial charge < -0.3 is 18.9 Å². The van der Waals surface area contributed by atoms with Crippen molar-refractivity contribution in [3.63, 3.8) is 0 Å². The second kappa shape index (κ2) is 18.1. The first-order valence-corrected chi connectivity index (χ1v) is 16.3. The molecule has 1 amide bonds. The lowest BCUT2D eigenvalue weighted by atomic mass is 9.90. The molecule has 4 aromatic rings. The lowest BCUT2D eigenvalue weighted by Gasteiger charge is -2.47. The van der Waals surface area contributed by atoms with E-state index in [0.29, 0.717) is 32.8 Å². The van der Waals surface area contributed by atoms with Crippen LogP contribution in [-0.4, -0.2) is 41.9 Å². The summed E-state index contributed by atoms with van der Waals surface area (Å²) >= 11 is 0. The van der Waals surface area contributed by atoms with Crippen molar-refractivity contribution < 1.29 is 23.7 Å². The van der Waals surface area contributed by atoms with Crippen LogP contribution in [0.3, 0.4) is 0 Å². The number of carbonyl (C=O) groups is 1. The maximum atomic E-state index is 13.9. The van der Waals surface area contributed by atoms with Gasteiger partial charge in [0, 0.05) is 0 Å². The molecule has 1 aliphatic heterocycles. The Morgan fingerprint density at radius 1 is 0.630 bits per heavy atom. The molecule has 1 saturated heterocycles. The van der Waals surface area contributed by atoms with Crippen molar-refractivity contribution in [3.05, 3.63) is 156 Å². The molecule has 0 radical (unpaired) electrons. The molecule has 4 atom stereocenters. The molecular weight excluding hydrogens is 574 g/mol. The van der Waals surface area contributed by atoms with Crippen LogP contribution >= 0.6 is 0 Å². The Labute approximate surface area is 273 Å². The predicted molar refractivity (Wildman–Crippen MR) is 181 cm³/mol. The first-order valence-electron chi connectivity index (χ1n) is 16.3. The van der Waals surface area contributed by atoms with Crippen LogP contribution in [0.4, 0.5) is 4.79 Å². The van der Waals surface area contributed by atoms with Gasteiger partial charge in [0.25, 0.3) is 0 Å². The molecule has 240 valence electrons. The summed E-state index contributed by atoms with van der Waals surface area (Å²) < 4.78 is 26.0. The standard InChI is InChI=1S/C40H45NO5/c1-2-3-4-17-26-36-38(44-29-33-20-11-6-12-21-33)39(45-30-34-22-13-7-14-23-34)37(43-28-32-18-9-5-10-19-32)27-41(36)40(42)46-31-35-24-15-8-16-25-35/h4-25,36-39H,2-3,26-31H2,1H3/b17-4+/t36-,37-,38+,39+/m1/s1. The van der Waals surface area contributed by atoms with E-state index in [2.05, 4.69) is 31.2 Å². The van der Waals surface area contributed by atoms with Crippen LogP contribution in [0.5, 0.6) is 0 Å². The van der Waals surface area contributed by atoms with Crippen LogP contribution in [-0.2, 0) is 45.4 Å². The highest BCUT2D eigenvalue weighted by Gasteiger charge is 2.47. The van der Waals surface area contributed by atoms with E-state index < -0.39 is 18.3 Å². The molecule has 0 spiro atoms. The van der Waals surface area contributed by atoms with E-state index in [-0.39, 0.29) is 18.7 Å². The Balaban J connectivity index is 1.46. The summed E-state index contributed by atoms with van der Waals surface area (Å²) in [5, 5.41) is 0. The molecule has 4 aromatic carbocycles. The van der Waals surface area contributed by atoms with Crippen molar-refractivity contribution in [3.8, 4) is 0 Å². The zero-order valence-electron chi connectivity index (χ0n) is 26.7. The van der Waals surface area contributed by atoms with E-state index in [1.807, 2.05) is 109 Å². The van der Waals surface area contributed by atoms with E-state index in [1.165, 1.54) is 0 Å². The number of piperidine rings is 1. The summed E-state index contributed by atoms with van der Waals surface area (Å²) in [7, 11) is 0. The molecule has 0 bridgehead atoms. The summed E-state index contributed by atoms with van der Waals surface area (Å²) in [5.41, 5.74) is 4.10. The number of amides is 1. The zero-order chi connectivity index (χ0) is 31.8. The third-order valence-electron chi connectivity index (χ3n) is 8.16. The van der Waals surface area contributed by atoms with Gasteiger partial charge in [-0.3, -0.25) is 4.90 Å². The van der Waals surface area contributed by atoms with Gasteiger partial charge in [-0.2, -0.15) is 0 Å². The van der Waals surface area contributed by atoms with Gasteiger partial charge in [0.2, 0.25) is 0 Å². The first kappa shape index (κ1) is 33.1. The Kier molecular flexibility index (Phi) is 13.0. The first-order chi connectivity index (χ1) is 22.7. The Bertz CT molecular complexity index is 1450. The number of benzene rings is 4. The van der Waals surface area contributed by atoms with Crippen molar-refractivity contribution in [1.29, 1.82) is 0 Å². The average molecular weight is 620 g/mol. The summed E-state index contributed by atoms with van der Waals surface area (Å²) in [5.74, 6) is 0. The Morgan fingerprint density at radius 3 is 1.59 bits per heavy atom. The van der Waals surface area contributed by atoms with Gasteiger partial charge in [-0.05, 0) is 35.1 Å². The summed E-state index contributed by atoms with van der Waals surface area (Å²) in [6.45, 7) is 3.83. The second-order valence-electron chi connectivity index (χ2n) is 11.6. The van der Waals surface area contributed by atoms with Gasteiger partial charge >= 0.3 is 6.09 Å². The molecule has 0 aromatic heterocycles. The molecule has 1 heterocycles. The Morgan fingerprint density at radius 2 is 1.09 bits per heavy atom. The number of unbranched alkanes of at least 4 members (excludes halogenated alkanes) is 1. The normalized spacial score (nSPS) is 19.7. The number of hydrogen-bond acceptors (Lipinski definition) is 5. The topological polar surface area (TPSA) is 57.2 Å². The predicted octanol–water partition coefficient (Wildman–Crippen LogP) is 8.51. The van der Waals surface area contributed by atoms with E-state index in [1.54, 1.807) is 4.90 Å². The van der Waals surface area contributed by atoms with Crippen LogP contribution in [0.1, 0.15) is 48.4 Å². The number of ether oxygens (including phenoxy) is 4. The van der Waals surface area contributed by atoms with Crippen LogP contribution in [0.2, 0.25) is 0 Å². The molecule has 0 unspecified atom stereocenters. The van der Waals surface area contributed by atoms with Crippen LogP contribution < -0.4 is 0 Å². The molecule has 46 heavy (non-hydrogen) atoms. The molecule has 0 saturated carbocycles. The minimum atomic E-state index is -0.478. The average Bonchev–Trinajstić information content (AvgIpc) is 3.11. The molecule has 1 fully saturated rings. The van der Waals surface area contributed by atoms with E-state index >= 15 is 0 Å². The highest BCUT2D eigenvalue weighted by Crippen LogP contribution is 2.31. The van der Waals surface area contributed by atoms with Crippen molar-refractivity contribution in [1.82, 2.24) is 4.90 Å². The van der Waals surface area contributed by atoms with E-state index in [0.717, 1.165) is 35.1 Å². The molecule has 0 aliphatic carbocycles. The van der Waals surface area contributed by atoms with Crippen molar-refractivity contribution in [2.45, 2.75) is 77.0 Å². The largest absolute Gasteiger partial charge is 0.445 e. The fraction of sp³-hybridized carbons (Fsp3) is 0.325. The lowest BCUT2D eigenvalue weighted by molar-refractivity contribution is -0.197. The summed E-state index contributed by atoms with van der Waals surface area (Å²) in [6.07, 6.45) is 5.21. The van der Waals surface area contributed by atoms with Crippen molar-refractivity contribution in [2.24, 2.45) is 0 Å². The van der Waals surface area contributed by atoms with Crippen molar-refractivity contribution >= 4 is 6.09 Å². The van der Waals surface area contributed by atoms with Gasteiger partial charge in [0.05, 0.1) is 32.4 Å². The molecule has 6 heteroatoms. The van der Waals surface area contributed by atoms with Crippen LogP contribution in [0.15, 0.2) is 133 Å². The minimum Gasteiger partial charge on any atom is -0.445 e. The highest BCUT2D eigenvalue weighted by molar-refractivity contribution is 5.68. The third-order valence-corrected chi connectivity index (χ3v) is 8.16. The second-order valence-corrected chi connectivity index (χ2v) is 11.6. The van der Waals surface area contributed by atoms with E-state index in [9.17, 15) is 4.79 Å². The van der Waals surface area contributed by atoms with Crippen LogP contribution in [0.25, 0.3) is 0 Å². The fourth-order valence-electron chi connectivity index (χ4n) is 5.70. The number of likely N-dealkylation sites (tertiary alicyclic amines) is 1. The molecule has 5 rings (SSSR count). The third kappa shape index (κ3) is 9.88. The maximum Gasteiger partial charge on any atom is 0.410 e. The summed E-state index contributed by atoms with van der Waals surface area (Å²) in [4.78, 5) is 15.7. The minimum absolute atomic E-state index is 0.188.